The van der Waals surface area contributed by atoms with Gasteiger partial charge in [-0.2, -0.15) is 0 Å². The minimum Gasteiger partial charge on any atom is -0.466 e. The van der Waals surface area contributed by atoms with Gasteiger partial charge in [0.2, 0.25) is 11.8 Å². The highest BCUT2D eigenvalue weighted by molar-refractivity contribution is 5.98. The molecule has 3 heterocycles. The number of rotatable bonds is 9. The molecular weight excluding hydrogens is 436 g/mol. The van der Waals surface area contributed by atoms with Gasteiger partial charge in [-0.25, -0.2) is 0 Å². The standard InChI is InChI=1S/C26H42N2O6/c1-9-13-28(24(6,7)16-23(3,4)5)21(31)19-26-12-11-25(8,34-26)18(22(32)33-10-2)17(26)20(30)27(19)14-15-29/h9,17-19,29H,1,10-16H2,2-8H3/t17-,18-,19?,25+,26?/m0/s1. The Balaban J connectivity index is 2.08. The van der Waals surface area contributed by atoms with Crippen LogP contribution in [-0.2, 0) is 23.9 Å². The summed E-state index contributed by atoms with van der Waals surface area (Å²) < 4.78 is 11.9. The molecule has 2 amide bonds. The number of hydrogen-bond acceptors (Lipinski definition) is 6. The molecule has 5 atom stereocenters. The second kappa shape index (κ2) is 8.94. The Morgan fingerprint density at radius 1 is 1.29 bits per heavy atom. The Hall–Kier alpha value is -1.93. The maximum atomic E-state index is 14.3. The van der Waals surface area contributed by atoms with Crippen LogP contribution in [0.15, 0.2) is 12.7 Å². The summed E-state index contributed by atoms with van der Waals surface area (Å²) in [4.78, 5) is 44.3. The first-order chi connectivity index (χ1) is 15.7. The third-order valence-corrected chi connectivity index (χ3v) is 7.66. The van der Waals surface area contributed by atoms with Crippen LogP contribution in [0.25, 0.3) is 0 Å². The van der Waals surface area contributed by atoms with Gasteiger partial charge in [-0.15, -0.1) is 6.58 Å². The van der Waals surface area contributed by atoms with Gasteiger partial charge in [-0.3, -0.25) is 14.4 Å². The van der Waals surface area contributed by atoms with Crippen LogP contribution in [0.5, 0.6) is 0 Å². The molecule has 0 aromatic heterocycles. The molecule has 3 rings (SSSR count). The maximum absolute atomic E-state index is 14.3. The summed E-state index contributed by atoms with van der Waals surface area (Å²) >= 11 is 0. The molecule has 0 aliphatic carbocycles. The lowest BCUT2D eigenvalue weighted by atomic mass is 9.66. The number of aliphatic hydroxyl groups excluding tert-OH is 1. The summed E-state index contributed by atoms with van der Waals surface area (Å²) in [7, 11) is 0. The van der Waals surface area contributed by atoms with Gasteiger partial charge in [0.15, 0.2) is 0 Å². The fourth-order valence-corrected chi connectivity index (χ4v) is 6.95. The minimum absolute atomic E-state index is 0.00470. The van der Waals surface area contributed by atoms with Crippen LogP contribution in [0.1, 0.15) is 67.7 Å². The quantitative estimate of drug-likeness (QED) is 0.404. The number of hydrogen-bond donors (Lipinski definition) is 1. The van der Waals surface area contributed by atoms with Gasteiger partial charge < -0.3 is 24.4 Å². The molecule has 0 aromatic carbocycles. The van der Waals surface area contributed by atoms with Gasteiger partial charge >= 0.3 is 5.97 Å². The first-order valence-corrected chi connectivity index (χ1v) is 12.4. The van der Waals surface area contributed by atoms with Crippen LogP contribution in [0, 0.1) is 17.3 Å². The second-order valence-corrected chi connectivity index (χ2v) is 12.0. The molecule has 2 bridgehead atoms. The Bertz CT molecular complexity index is 849. The van der Waals surface area contributed by atoms with Gasteiger partial charge in [0, 0.05) is 18.6 Å². The van der Waals surface area contributed by atoms with E-state index < -0.39 is 40.6 Å². The molecule has 8 nitrogen and oxygen atoms in total. The van der Waals surface area contributed by atoms with E-state index in [-0.39, 0.29) is 37.0 Å². The molecule has 34 heavy (non-hydrogen) atoms. The number of amides is 2. The number of ether oxygens (including phenoxy) is 2. The average molecular weight is 479 g/mol. The highest BCUT2D eigenvalue weighted by atomic mass is 16.6. The zero-order chi connectivity index (χ0) is 25.7. The van der Waals surface area contributed by atoms with E-state index in [9.17, 15) is 19.5 Å². The molecule has 3 aliphatic heterocycles. The molecule has 1 spiro atoms. The van der Waals surface area contributed by atoms with E-state index in [1.165, 1.54) is 4.90 Å². The zero-order valence-electron chi connectivity index (χ0n) is 21.8. The number of carbonyl (C=O) groups is 3. The van der Waals surface area contributed by atoms with E-state index in [0.717, 1.165) is 6.42 Å². The predicted molar refractivity (Wildman–Crippen MR) is 128 cm³/mol. The van der Waals surface area contributed by atoms with Crippen molar-refractivity contribution in [1.82, 2.24) is 9.80 Å². The van der Waals surface area contributed by atoms with Crippen molar-refractivity contribution in [3.8, 4) is 0 Å². The van der Waals surface area contributed by atoms with Crippen LogP contribution in [0.3, 0.4) is 0 Å². The van der Waals surface area contributed by atoms with Crippen LogP contribution < -0.4 is 0 Å². The van der Waals surface area contributed by atoms with Crippen molar-refractivity contribution in [3.63, 3.8) is 0 Å². The van der Waals surface area contributed by atoms with Crippen molar-refractivity contribution in [2.45, 2.75) is 90.5 Å². The topological polar surface area (TPSA) is 96.4 Å². The van der Waals surface area contributed by atoms with Crippen molar-refractivity contribution in [3.05, 3.63) is 12.7 Å². The summed E-state index contributed by atoms with van der Waals surface area (Å²) in [5.41, 5.74) is -2.54. The third kappa shape index (κ3) is 4.17. The Morgan fingerprint density at radius 3 is 2.47 bits per heavy atom. The Labute approximate surface area is 203 Å². The van der Waals surface area contributed by atoms with E-state index in [1.54, 1.807) is 17.9 Å². The van der Waals surface area contributed by atoms with Crippen molar-refractivity contribution in [1.29, 1.82) is 0 Å². The van der Waals surface area contributed by atoms with E-state index >= 15 is 0 Å². The number of β-amino-alcohol motifs (C(OH)–C–C–N with tert-alkyl or cyclic N) is 1. The number of likely N-dealkylation sites (tertiary alicyclic amines) is 1. The van der Waals surface area contributed by atoms with Gasteiger partial charge in [-0.1, -0.05) is 26.8 Å². The van der Waals surface area contributed by atoms with Crippen molar-refractivity contribution in [2.75, 3.05) is 26.3 Å². The number of aliphatic hydroxyl groups is 1. The predicted octanol–water partition coefficient (Wildman–Crippen LogP) is 2.54. The fraction of sp³-hybridized carbons (Fsp3) is 0.808. The molecule has 192 valence electrons. The molecule has 1 N–H and O–H groups in total. The van der Waals surface area contributed by atoms with Crippen LogP contribution >= 0.6 is 0 Å². The zero-order valence-corrected chi connectivity index (χ0v) is 21.8. The van der Waals surface area contributed by atoms with Crippen molar-refractivity contribution in [2.24, 2.45) is 17.3 Å². The SMILES string of the molecule is C=CCN(C(=O)C1N(CCO)C(=O)[C@@H]2[C@@H](C(=O)OCC)[C@@]3(C)CCC12O3)C(C)(C)CC(C)(C)C. The van der Waals surface area contributed by atoms with Crippen molar-refractivity contribution >= 4 is 17.8 Å². The van der Waals surface area contributed by atoms with E-state index in [1.807, 2.05) is 20.8 Å². The summed E-state index contributed by atoms with van der Waals surface area (Å²) in [5.74, 6) is -2.59. The van der Waals surface area contributed by atoms with Crippen LogP contribution in [0.2, 0.25) is 0 Å². The molecule has 3 saturated heterocycles. The van der Waals surface area contributed by atoms with Gasteiger partial charge in [0.1, 0.15) is 17.6 Å². The van der Waals surface area contributed by atoms with Gasteiger partial charge in [0.05, 0.1) is 24.7 Å². The molecule has 0 aromatic rings. The maximum Gasteiger partial charge on any atom is 0.312 e. The van der Waals surface area contributed by atoms with Gasteiger partial charge in [0.25, 0.3) is 0 Å². The Kier molecular flexibility index (Phi) is 7.01. The smallest absolute Gasteiger partial charge is 0.312 e. The largest absolute Gasteiger partial charge is 0.466 e. The van der Waals surface area contributed by atoms with Gasteiger partial charge in [-0.05, 0) is 52.4 Å². The summed E-state index contributed by atoms with van der Waals surface area (Å²) in [6.07, 6.45) is 3.49. The summed E-state index contributed by atoms with van der Waals surface area (Å²) in [6.45, 7) is 18.1. The fourth-order valence-electron chi connectivity index (χ4n) is 6.95. The molecule has 8 heteroatoms. The lowest BCUT2D eigenvalue weighted by Crippen LogP contribution is -2.61. The lowest BCUT2D eigenvalue weighted by Gasteiger charge is -2.45. The van der Waals surface area contributed by atoms with Crippen LogP contribution in [-0.4, -0.2) is 81.8 Å². The first kappa shape index (κ1) is 26.7. The number of esters is 1. The molecule has 0 saturated carbocycles. The van der Waals surface area contributed by atoms with Crippen LogP contribution in [0.4, 0.5) is 0 Å². The lowest BCUT2D eigenvalue weighted by molar-refractivity contribution is -0.161. The third-order valence-electron chi connectivity index (χ3n) is 7.66. The molecule has 0 radical (unpaired) electrons. The molecular formula is C26H42N2O6. The highest BCUT2D eigenvalue weighted by Crippen LogP contribution is 2.63. The average Bonchev–Trinajstić information content (AvgIpc) is 3.25. The van der Waals surface area contributed by atoms with E-state index in [4.69, 9.17) is 9.47 Å². The highest BCUT2D eigenvalue weighted by Gasteiger charge is 2.78. The second-order valence-electron chi connectivity index (χ2n) is 12.0. The number of nitrogens with zero attached hydrogens (tertiary/aromatic N) is 2. The molecule has 3 aliphatic rings. The first-order valence-electron chi connectivity index (χ1n) is 12.4. The normalized spacial score (nSPS) is 32.6. The monoisotopic (exact) mass is 478 g/mol. The van der Waals surface area contributed by atoms with Crippen molar-refractivity contribution < 1.29 is 29.0 Å². The molecule has 2 unspecified atom stereocenters. The summed E-state index contributed by atoms with van der Waals surface area (Å²) in [6, 6.07) is -0.919. The number of carbonyl (C=O) groups excluding carboxylic acids is 3. The molecule has 3 fully saturated rings. The van der Waals surface area contributed by atoms with E-state index in [0.29, 0.717) is 19.4 Å². The summed E-state index contributed by atoms with van der Waals surface area (Å²) in [5, 5.41) is 9.77. The Morgan fingerprint density at radius 2 is 1.94 bits per heavy atom. The number of fused-ring (bicyclic) bond motifs is 1. The minimum atomic E-state index is -1.12. The van der Waals surface area contributed by atoms with E-state index in [2.05, 4.69) is 27.4 Å².